The average molecular weight is 374 g/mol. The second kappa shape index (κ2) is 8.82. The molecule has 0 N–H and O–H groups in total. The van der Waals surface area contributed by atoms with E-state index in [4.69, 9.17) is 0 Å². The molecule has 3 aromatic carbocycles. The number of carbonyl (C=O) groups is 2. The van der Waals surface area contributed by atoms with Gasteiger partial charge < -0.3 is 0 Å². The first-order chi connectivity index (χ1) is 13.5. The number of halogens is 2. The maximum absolute atomic E-state index is 12.9. The highest BCUT2D eigenvalue weighted by Gasteiger charge is 2.02. The fourth-order valence-electron chi connectivity index (χ4n) is 2.48. The highest BCUT2D eigenvalue weighted by atomic mass is 19.1. The quantitative estimate of drug-likeness (QED) is 0.406. The smallest absolute Gasteiger partial charge is 0.185 e. The summed E-state index contributed by atoms with van der Waals surface area (Å²) in [5.74, 6) is -1.20. The Labute approximate surface area is 161 Å². The second-order valence-electron chi connectivity index (χ2n) is 6.08. The van der Waals surface area contributed by atoms with Crippen molar-refractivity contribution in [3.63, 3.8) is 0 Å². The van der Waals surface area contributed by atoms with Crippen LogP contribution in [0.15, 0.2) is 84.9 Å². The fourth-order valence-corrected chi connectivity index (χ4v) is 2.48. The minimum absolute atomic E-state index is 0.214. The molecular formula is C24H16F2O2. The van der Waals surface area contributed by atoms with Crippen LogP contribution in [-0.4, -0.2) is 11.6 Å². The van der Waals surface area contributed by atoms with Gasteiger partial charge in [-0.2, -0.15) is 0 Å². The van der Waals surface area contributed by atoms with Crippen LogP contribution in [0.4, 0.5) is 8.78 Å². The van der Waals surface area contributed by atoms with Gasteiger partial charge in [0.1, 0.15) is 11.6 Å². The van der Waals surface area contributed by atoms with Crippen molar-refractivity contribution in [1.29, 1.82) is 0 Å². The van der Waals surface area contributed by atoms with E-state index in [9.17, 15) is 18.4 Å². The van der Waals surface area contributed by atoms with Crippen molar-refractivity contribution < 1.29 is 18.4 Å². The molecule has 0 fully saturated rings. The average Bonchev–Trinajstić information content (AvgIpc) is 2.72. The summed E-state index contributed by atoms with van der Waals surface area (Å²) < 4.78 is 25.8. The Balaban J connectivity index is 1.62. The van der Waals surface area contributed by atoms with Crippen LogP contribution >= 0.6 is 0 Å². The topological polar surface area (TPSA) is 34.1 Å². The number of hydrogen-bond acceptors (Lipinski definition) is 2. The van der Waals surface area contributed by atoms with Gasteiger partial charge in [-0.05, 0) is 71.8 Å². The van der Waals surface area contributed by atoms with Crippen molar-refractivity contribution >= 4 is 23.7 Å². The molecule has 0 bridgehead atoms. The minimum atomic E-state index is -0.387. The van der Waals surface area contributed by atoms with E-state index in [2.05, 4.69) is 0 Å². The lowest BCUT2D eigenvalue weighted by molar-refractivity contribution is 0.103. The molecule has 3 aromatic rings. The molecule has 0 radical (unpaired) electrons. The number of hydrogen-bond donors (Lipinski definition) is 0. The van der Waals surface area contributed by atoms with Gasteiger partial charge in [-0.25, -0.2) is 8.78 Å². The third kappa shape index (κ3) is 5.17. The summed E-state index contributed by atoms with van der Waals surface area (Å²) in [5.41, 5.74) is 2.46. The van der Waals surface area contributed by atoms with Gasteiger partial charge in [0.15, 0.2) is 11.6 Å². The zero-order valence-corrected chi connectivity index (χ0v) is 14.8. The van der Waals surface area contributed by atoms with E-state index in [1.54, 1.807) is 12.2 Å². The lowest BCUT2D eigenvalue weighted by atomic mass is 10.1. The summed E-state index contributed by atoms with van der Waals surface area (Å²) in [5, 5.41) is 0. The number of allylic oxidation sites excluding steroid dienone is 2. The number of benzene rings is 3. The van der Waals surface area contributed by atoms with E-state index in [1.165, 1.54) is 60.7 Å². The lowest BCUT2D eigenvalue weighted by Crippen LogP contribution is -1.94. The van der Waals surface area contributed by atoms with Crippen molar-refractivity contribution in [3.05, 3.63) is 119 Å². The maximum atomic E-state index is 12.9. The largest absolute Gasteiger partial charge is 0.289 e. The normalized spacial score (nSPS) is 11.2. The molecule has 0 aliphatic heterocycles. The van der Waals surface area contributed by atoms with Gasteiger partial charge in [0.05, 0.1) is 0 Å². The SMILES string of the molecule is O=C(/C=C/c1ccc(/C=C/C(=O)c2ccc(F)cc2)cc1)c1ccc(F)cc1. The second-order valence-corrected chi connectivity index (χ2v) is 6.08. The number of ketones is 2. The Bertz CT molecular complexity index is 943. The molecular weight excluding hydrogens is 358 g/mol. The van der Waals surface area contributed by atoms with Crippen molar-refractivity contribution in [2.75, 3.05) is 0 Å². The highest BCUT2D eigenvalue weighted by molar-refractivity contribution is 6.07. The Morgan fingerprint density at radius 1 is 0.536 bits per heavy atom. The predicted octanol–water partition coefficient (Wildman–Crippen LogP) is 5.76. The Morgan fingerprint density at radius 2 is 0.857 bits per heavy atom. The molecule has 28 heavy (non-hydrogen) atoms. The summed E-state index contributed by atoms with van der Waals surface area (Å²) >= 11 is 0. The van der Waals surface area contributed by atoms with Gasteiger partial charge in [-0.3, -0.25) is 9.59 Å². The summed E-state index contributed by atoms with van der Waals surface area (Å²) in [6, 6.07) is 18.0. The van der Waals surface area contributed by atoms with Crippen LogP contribution < -0.4 is 0 Å². The first-order valence-corrected chi connectivity index (χ1v) is 8.57. The lowest BCUT2D eigenvalue weighted by Gasteiger charge is -1.98. The first kappa shape index (κ1) is 19.1. The van der Waals surface area contributed by atoms with Crippen molar-refractivity contribution in [2.24, 2.45) is 0 Å². The van der Waals surface area contributed by atoms with Crippen LogP contribution in [-0.2, 0) is 0 Å². The van der Waals surface area contributed by atoms with E-state index in [0.717, 1.165) is 11.1 Å². The molecule has 3 rings (SSSR count). The molecule has 0 spiro atoms. The van der Waals surface area contributed by atoms with Gasteiger partial charge in [0.25, 0.3) is 0 Å². The first-order valence-electron chi connectivity index (χ1n) is 8.57. The van der Waals surface area contributed by atoms with Crippen molar-refractivity contribution in [2.45, 2.75) is 0 Å². The third-order valence-corrected chi connectivity index (χ3v) is 4.05. The van der Waals surface area contributed by atoms with Gasteiger partial charge >= 0.3 is 0 Å². The summed E-state index contributed by atoms with van der Waals surface area (Å²) in [4.78, 5) is 24.1. The van der Waals surface area contributed by atoms with Crippen LogP contribution in [0.3, 0.4) is 0 Å². The number of rotatable bonds is 6. The fraction of sp³-hybridized carbons (Fsp3) is 0. The Kier molecular flexibility index (Phi) is 6.02. The Morgan fingerprint density at radius 3 is 1.18 bits per heavy atom. The van der Waals surface area contributed by atoms with Crippen LogP contribution in [0.25, 0.3) is 12.2 Å². The van der Waals surface area contributed by atoms with E-state index >= 15 is 0 Å². The molecule has 4 heteroatoms. The van der Waals surface area contributed by atoms with Crippen LogP contribution in [0.2, 0.25) is 0 Å². The van der Waals surface area contributed by atoms with E-state index in [0.29, 0.717) is 11.1 Å². The molecule has 138 valence electrons. The Hall–Kier alpha value is -3.66. The number of carbonyl (C=O) groups excluding carboxylic acids is 2. The standard InChI is InChI=1S/C24H16F2O2/c25-21-11-7-19(8-12-21)23(27)15-5-17-1-2-18(4-3-17)6-16-24(28)20-9-13-22(26)14-10-20/h1-16H/b15-5+,16-6+. The minimum Gasteiger partial charge on any atom is -0.289 e. The molecule has 0 amide bonds. The predicted molar refractivity (Wildman–Crippen MR) is 106 cm³/mol. The molecule has 0 unspecified atom stereocenters. The summed E-state index contributed by atoms with van der Waals surface area (Å²) in [6.07, 6.45) is 6.19. The molecule has 0 aromatic heterocycles. The molecule has 0 saturated carbocycles. The third-order valence-electron chi connectivity index (χ3n) is 4.05. The maximum Gasteiger partial charge on any atom is 0.185 e. The molecule has 0 heterocycles. The van der Waals surface area contributed by atoms with Gasteiger partial charge in [0.2, 0.25) is 0 Å². The monoisotopic (exact) mass is 374 g/mol. The zero-order chi connectivity index (χ0) is 19.9. The molecule has 2 nitrogen and oxygen atoms in total. The molecule has 0 aliphatic carbocycles. The van der Waals surface area contributed by atoms with Crippen LogP contribution in [0.1, 0.15) is 31.8 Å². The van der Waals surface area contributed by atoms with Crippen LogP contribution in [0.5, 0.6) is 0 Å². The molecule has 0 atom stereocenters. The summed E-state index contributed by atoms with van der Waals surface area (Å²) in [7, 11) is 0. The van der Waals surface area contributed by atoms with E-state index < -0.39 is 0 Å². The zero-order valence-electron chi connectivity index (χ0n) is 14.8. The van der Waals surface area contributed by atoms with E-state index in [1.807, 2.05) is 24.3 Å². The van der Waals surface area contributed by atoms with E-state index in [-0.39, 0.29) is 23.2 Å². The molecule has 0 saturated heterocycles. The summed E-state index contributed by atoms with van der Waals surface area (Å²) in [6.45, 7) is 0. The van der Waals surface area contributed by atoms with Crippen molar-refractivity contribution in [3.8, 4) is 0 Å². The highest BCUT2D eigenvalue weighted by Crippen LogP contribution is 2.11. The van der Waals surface area contributed by atoms with Gasteiger partial charge in [0, 0.05) is 11.1 Å². The molecule has 0 aliphatic rings. The van der Waals surface area contributed by atoms with Gasteiger partial charge in [-0.15, -0.1) is 0 Å². The van der Waals surface area contributed by atoms with Crippen molar-refractivity contribution in [1.82, 2.24) is 0 Å². The van der Waals surface area contributed by atoms with Crippen LogP contribution in [0, 0.1) is 11.6 Å². The van der Waals surface area contributed by atoms with Gasteiger partial charge in [-0.1, -0.05) is 36.4 Å².